The van der Waals surface area contributed by atoms with Crippen LogP contribution in [0.1, 0.15) is 5.56 Å². The first-order valence-corrected chi connectivity index (χ1v) is 5.03. The molecule has 0 aliphatic heterocycles. The SMILES string of the molecule is [N-]=[N+]=NCC(=O)NCc1ccc(Br)cc1. The minimum absolute atomic E-state index is 0.160. The molecule has 0 fully saturated rings. The molecule has 15 heavy (non-hydrogen) atoms. The highest BCUT2D eigenvalue weighted by atomic mass is 79.9. The van der Waals surface area contributed by atoms with Gasteiger partial charge in [-0.05, 0) is 23.2 Å². The number of nitrogens with one attached hydrogen (secondary N) is 1. The molecule has 0 aliphatic carbocycles. The van der Waals surface area contributed by atoms with Crippen LogP contribution in [0.3, 0.4) is 0 Å². The highest BCUT2D eigenvalue weighted by Gasteiger charge is 1.98. The topological polar surface area (TPSA) is 77.9 Å². The monoisotopic (exact) mass is 268 g/mol. The van der Waals surface area contributed by atoms with Gasteiger partial charge in [-0.3, -0.25) is 4.79 Å². The van der Waals surface area contributed by atoms with Crippen LogP contribution < -0.4 is 5.32 Å². The van der Waals surface area contributed by atoms with Crippen LogP contribution >= 0.6 is 15.9 Å². The Morgan fingerprint density at radius 1 is 1.47 bits per heavy atom. The zero-order valence-corrected chi connectivity index (χ0v) is 9.44. The summed E-state index contributed by atoms with van der Waals surface area (Å²) in [6, 6.07) is 7.60. The molecule has 1 aromatic rings. The predicted molar refractivity (Wildman–Crippen MR) is 60.0 cm³/mol. The number of rotatable bonds is 4. The van der Waals surface area contributed by atoms with Gasteiger partial charge in [-0.2, -0.15) is 0 Å². The third-order valence-electron chi connectivity index (χ3n) is 1.68. The van der Waals surface area contributed by atoms with Crippen LogP contribution in [0.15, 0.2) is 33.9 Å². The fraction of sp³-hybridized carbons (Fsp3) is 0.222. The lowest BCUT2D eigenvalue weighted by Crippen LogP contribution is -2.24. The van der Waals surface area contributed by atoms with Crippen LogP contribution in [0.25, 0.3) is 10.4 Å². The predicted octanol–water partition coefficient (Wildman–Crippen LogP) is 2.38. The molecule has 1 rings (SSSR count). The smallest absolute Gasteiger partial charge is 0.226 e. The molecule has 0 aliphatic rings. The number of hydrogen-bond acceptors (Lipinski definition) is 2. The summed E-state index contributed by atoms with van der Waals surface area (Å²) in [7, 11) is 0. The lowest BCUT2D eigenvalue weighted by Gasteiger charge is -2.03. The average molecular weight is 269 g/mol. The summed E-state index contributed by atoms with van der Waals surface area (Å²) >= 11 is 3.32. The van der Waals surface area contributed by atoms with Gasteiger partial charge in [0.25, 0.3) is 0 Å². The molecule has 0 saturated carbocycles. The van der Waals surface area contributed by atoms with Crippen molar-refractivity contribution in [3.63, 3.8) is 0 Å². The molecule has 0 spiro atoms. The van der Waals surface area contributed by atoms with Gasteiger partial charge in [0.1, 0.15) is 6.54 Å². The maximum atomic E-state index is 11.1. The summed E-state index contributed by atoms with van der Waals surface area (Å²) in [6.07, 6.45) is 0. The second-order valence-corrected chi connectivity index (χ2v) is 3.71. The highest BCUT2D eigenvalue weighted by molar-refractivity contribution is 9.10. The Hall–Kier alpha value is -1.52. The lowest BCUT2D eigenvalue weighted by atomic mass is 10.2. The Balaban J connectivity index is 2.40. The van der Waals surface area contributed by atoms with Crippen molar-refractivity contribution in [2.75, 3.05) is 6.54 Å². The molecular formula is C9H9BrN4O. The molecule has 78 valence electrons. The maximum Gasteiger partial charge on any atom is 0.226 e. The molecule has 0 heterocycles. The normalized spacial score (nSPS) is 9.13. The molecule has 5 nitrogen and oxygen atoms in total. The van der Waals surface area contributed by atoms with E-state index in [0.717, 1.165) is 10.0 Å². The van der Waals surface area contributed by atoms with Crippen molar-refractivity contribution in [1.29, 1.82) is 0 Å². The number of carbonyl (C=O) groups is 1. The minimum atomic E-state index is -0.282. The fourth-order valence-electron chi connectivity index (χ4n) is 0.955. The molecule has 0 bridgehead atoms. The maximum absolute atomic E-state index is 11.1. The van der Waals surface area contributed by atoms with E-state index in [9.17, 15) is 4.79 Å². The second-order valence-electron chi connectivity index (χ2n) is 2.79. The first-order chi connectivity index (χ1) is 7.22. The molecule has 1 N–H and O–H groups in total. The van der Waals surface area contributed by atoms with Gasteiger partial charge in [-0.25, -0.2) is 0 Å². The molecular weight excluding hydrogens is 260 g/mol. The number of hydrogen-bond donors (Lipinski definition) is 1. The molecule has 0 aromatic heterocycles. The van der Waals surface area contributed by atoms with Crippen molar-refractivity contribution in [3.05, 3.63) is 44.7 Å². The first kappa shape index (κ1) is 11.6. The Labute approximate surface area is 95.2 Å². The number of benzene rings is 1. The van der Waals surface area contributed by atoms with Gasteiger partial charge >= 0.3 is 0 Å². The summed E-state index contributed by atoms with van der Waals surface area (Å²) in [5.41, 5.74) is 9.00. The summed E-state index contributed by atoms with van der Waals surface area (Å²) in [5, 5.41) is 5.79. The second kappa shape index (κ2) is 6.06. The third-order valence-corrected chi connectivity index (χ3v) is 2.21. The first-order valence-electron chi connectivity index (χ1n) is 4.24. The molecule has 6 heteroatoms. The van der Waals surface area contributed by atoms with Gasteiger partial charge in [0.05, 0.1) is 0 Å². The standard InChI is InChI=1S/C9H9BrN4O/c10-8-3-1-7(2-4-8)5-12-9(15)6-13-14-11/h1-4H,5-6H2,(H,12,15). The van der Waals surface area contributed by atoms with Crippen molar-refractivity contribution in [2.45, 2.75) is 6.54 Å². The largest absolute Gasteiger partial charge is 0.352 e. The molecule has 0 radical (unpaired) electrons. The summed E-state index contributed by atoms with van der Waals surface area (Å²) in [4.78, 5) is 13.6. The van der Waals surface area contributed by atoms with Gasteiger partial charge in [0.15, 0.2) is 0 Å². The molecule has 1 aromatic carbocycles. The van der Waals surface area contributed by atoms with Crippen LogP contribution in [-0.4, -0.2) is 12.5 Å². The van der Waals surface area contributed by atoms with E-state index < -0.39 is 0 Å². The Morgan fingerprint density at radius 3 is 2.73 bits per heavy atom. The van der Waals surface area contributed by atoms with E-state index >= 15 is 0 Å². The number of azide groups is 1. The van der Waals surface area contributed by atoms with Crippen molar-refractivity contribution >= 4 is 21.8 Å². The van der Waals surface area contributed by atoms with Crippen molar-refractivity contribution in [2.24, 2.45) is 5.11 Å². The van der Waals surface area contributed by atoms with Gasteiger partial charge in [0.2, 0.25) is 5.91 Å². The molecule has 1 amide bonds. The fourth-order valence-corrected chi connectivity index (χ4v) is 1.22. The molecule has 0 unspecified atom stereocenters. The third kappa shape index (κ3) is 4.49. The highest BCUT2D eigenvalue weighted by Crippen LogP contribution is 2.09. The molecule has 0 saturated heterocycles. The zero-order chi connectivity index (χ0) is 11.1. The summed E-state index contributed by atoms with van der Waals surface area (Å²) < 4.78 is 0.992. The van der Waals surface area contributed by atoms with E-state index in [4.69, 9.17) is 5.53 Å². The molecule has 0 atom stereocenters. The van der Waals surface area contributed by atoms with Crippen LogP contribution in [0, 0.1) is 0 Å². The van der Waals surface area contributed by atoms with E-state index in [1.807, 2.05) is 24.3 Å². The van der Waals surface area contributed by atoms with Crippen molar-refractivity contribution in [3.8, 4) is 0 Å². The van der Waals surface area contributed by atoms with Crippen LogP contribution in [0.2, 0.25) is 0 Å². The van der Waals surface area contributed by atoms with E-state index in [-0.39, 0.29) is 12.5 Å². The summed E-state index contributed by atoms with van der Waals surface area (Å²) in [6.45, 7) is 0.278. The van der Waals surface area contributed by atoms with Crippen molar-refractivity contribution < 1.29 is 4.79 Å². The average Bonchev–Trinajstić information content (AvgIpc) is 2.25. The number of halogens is 1. The van der Waals surface area contributed by atoms with Crippen molar-refractivity contribution in [1.82, 2.24) is 5.32 Å². The van der Waals surface area contributed by atoms with Gasteiger partial charge in [-0.1, -0.05) is 33.2 Å². The number of amides is 1. The lowest BCUT2D eigenvalue weighted by molar-refractivity contribution is -0.119. The van der Waals surface area contributed by atoms with Gasteiger partial charge in [0, 0.05) is 15.9 Å². The number of carbonyl (C=O) groups excluding carboxylic acids is 1. The van der Waals surface area contributed by atoms with E-state index in [2.05, 4.69) is 31.3 Å². The summed E-state index contributed by atoms with van der Waals surface area (Å²) in [5.74, 6) is -0.282. The minimum Gasteiger partial charge on any atom is -0.352 e. The quantitative estimate of drug-likeness (QED) is 0.508. The zero-order valence-electron chi connectivity index (χ0n) is 7.85. The van der Waals surface area contributed by atoms with Gasteiger partial charge in [-0.15, -0.1) is 0 Å². The van der Waals surface area contributed by atoms with Gasteiger partial charge < -0.3 is 5.32 Å². The van der Waals surface area contributed by atoms with E-state index in [1.165, 1.54) is 0 Å². The van der Waals surface area contributed by atoms with Crippen LogP contribution in [0.5, 0.6) is 0 Å². The van der Waals surface area contributed by atoms with E-state index in [0.29, 0.717) is 6.54 Å². The Kier molecular flexibility index (Phi) is 4.66. The van der Waals surface area contributed by atoms with Crippen LogP contribution in [-0.2, 0) is 11.3 Å². The Bertz CT molecular complexity index is 384. The van der Waals surface area contributed by atoms with E-state index in [1.54, 1.807) is 0 Å². The van der Waals surface area contributed by atoms with Crippen LogP contribution in [0.4, 0.5) is 0 Å². The number of nitrogens with zero attached hydrogens (tertiary/aromatic N) is 3. The Morgan fingerprint density at radius 2 is 2.13 bits per heavy atom.